The summed E-state index contributed by atoms with van der Waals surface area (Å²) in [5.74, 6) is -0.340. The third kappa shape index (κ3) is 3.22. The van der Waals surface area contributed by atoms with Crippen molar-refractivity contribution in [1.82, 2.24) is 9.88 Å². The van der Waals surface area contributed by atoms with Gasteiger partial charge in [0.15, 0.2) is 0 Å². The Hall–Kier alpha value is -1.96. The maximum atomic E-state index is 12.0. The second kappa shape index (κ2) is 6.98. The van der Waals surface area contributed by atoms with E-state index in [2.05, 4.69) is 31.9 Å². The Kier molecular flexibility index (Phi) is 4.69. The highest BCUT2D eigenvalue weighted by molar-refractivity contribution is 9.10. The van der Waals surface area contributed by atoms with E-state index >= 15 is 0 Å². The van der Waals surface area contributed by atoms with Gasteiger partial charge in [-0.15, -0.1) is 0 Å². The minimum Gasteiger partial charge on any atom is -0.338 e. The topological polar surface area (TPSA) is 51.1 Å². The first-order valence-electron chi connectivity index (χ1n) is 7.78. The van der Waals surface area contributed by atoms with Gasteiger partial charge in [-0.25, -0.2) is 0 Å². The number of fused-ring (bicyclic) bond motifs is 1. The molecule has 2 aromatic carbocycles. The Morgan fingerprint density at radius 3 is 2.54 bits per heavy atom. The molecule has 7 heteroatoms. The zero-order valence-corrected chi connectivity index (χ0v) is 16.9. The number of nitrogens with one attached hydrogen (secondary N) is 1. The van der Waals surface area contributed by atoms with Crippen LogP contribution in [-0.2, 0) is 11.8 Å². The maximum absolute atomic E-state index is 12.0. The van der Waals surface area contributed by atoms with Gasteiger partial charge in [-0.3, -0.25) is 14.9 Å². The SMILES string of the molecule is Cn1c(Sc2ccc(Br)cc2)c(C=C2SC(=O)NC2=O)c2ccccc21. The Labute approximate surface area is 167 Å². The highest BCUT2D eigenvalue weighted by atomic mass is 79.9. The molecule has 3 aromatic rings. The fourth-order valence-corrected chi connectivity index (χ4v) is 4.77. The lowest BCUT2D eigenvalue weighted by molar-refractivity contribution is -0.115. The minimum atomic E-state index is -0.340. The normalized spacial score (nSPS) is 15.8. The summed E-state index contributed by atoms with van der Waals surface area (Å²) < 4.78 is 3.15. The molecule has 0 bridgehead atoms. The number of benzene rings is 2. The summed E-state index contributed by atoms with van der Waals surface area (Å²) in [5.41, 5.74) is 2.03. The van der Waals surface area contributed by atoms with Gasteiger partial charge in [0.2, 0.25) is 0 Å². The molecule has 1 aromatic heterocycles. The van der Waals surface area contributed by atoms with E-state index in [1.165, 1.54) is 0 Å². The fourth-order valence-electron chi connectivity index (χ4n) is 2.83. The average molecular weight is 445 g/mol. The van der Waals surface area contributed by atoms with Crippen molar-refractivity contribution in [2.75, 3.05) is 0 Å². The van der Waals surface area contributed by atoms with Crippen LogP contribution in [0.4, 0.5) is 4.79 Å². The number of rotatable bonds is 3. The molecule has 0 aliphatic carbocycles. The molecule has 0 unspecified atom stereocenters. The molecule has 130 valence electrons. The molecule has 4 rings (SSSR count). The summed E-state index contributed by atoms with van der Waals surface area (Å²) in [7, 11) is 2.01. The van der Waals surface area contributed by atoms with E-state index < -0.39 is 0 Å². The molecule has 1 fully saturated rings. The second-order valence-electron chi connectivity index (χ2n) is 5.70. The molecule has 0 radical (unpaired) electrons. The van der Waals surface area contributed by atoms with Gasteiger partial charge in [-0.05, 0) is 48.2 Å². The van der Waals surface area contributed by atoms with Crippen LogP contribution in [0.15, 0.2) is 67.8 Å². The van der Waals surface area contributed by atoms with Crippen molar-refractivity contribution < 1.29 is 9.59 Å². The highest BCUT2D eigenvalue weighted by Crippen LogP contribution is 2.39. The first kappa shape index (κ1) is 17.5. The van der Waals surface area contributed by atoms with Gasteiger partial charge < -0.3 is 4.57 Å². The van der Waals surface area contributed by atoms with Gasteiger partial charge in [-0.2, -0.15) is 0 Å². The van der Waals surface area contributed by atoms with Gasteiger partial charge in [0.25, 0.3) is 11.1 Å². The van der Waals surface area contributed by atoms with Crippen LogP contribution in [0.2, 0.25) is 0 Å². The third-order valence-corrected chi connectivity index (χ3v) is 6.57. The van der Waals surface area contributed by atoms with Crippen LogP contribution in [0.5, 0.6) is 0 Å². The quantitative estimate of drug-likeness (QED) is 0.548. The van der Waals surface area contributed by atoms with Gasteiger partial charge in [0, 0.05) is 32.9 Å². The van der Waals surface area contributed by atoms with Crippen LogP contribution in [-0.4, -0.2) is 15.7 Å². The predicted molar refractivity (Wildman–Crippen MR) is 110 cm³/mol. The van der Waals surface area contributed by atoms with Crippen molar-refractivity contribution in [3.8, 4) is 0 Å². The van der Waals surface area contributed by atoms with E-state index in [0.29, 0.717) is 4.91 Å². The summed E-state index contributed by atoms with van der Waals surface area (Å²) in [4.78, 5) is 25.0. The van der Waals surface area contributed by atoms with Crippen LogP contribution in [0.25, 0.3) is 17.0 Å². The molecule has 4 nitrogen and oxygen atoms in total. The number of imide groups is 1. The van der Waals surface area contributed by atoms with Crippen LogP contribution in [0.1, 0.15) is 5.56 Å². The van der Waals surface area contributed by atoms with Crippen LogP contribution >= 0.6 is 39.5 Å². The fraction of sp³-hybridized carbons (Fsp3) is 0.0526. The molecule has 26 heavy (non-hydrogen) atoms. The number of carbonyl (C=O) groups excluding carboxylic acids is 2. The standard InChI is InChI=1S/C19H13BrN2O2S2/c1-22-15-5-3-2-4-13(15)14(10-16-17(23)21-19(24)26-16)18(22)25-12-8-6-11(20)7-9-12/h2-10H,1H3,(H,21,23,24). The lowest BCUT2D eigenvalue weighted by Crippen LogP contribution is -2.17. The summed E-state index contributed by atoms with van der Waals surface area (Å²) in [6.45, 7) is 0. The van der Waals surface area contributed by atoms with Crippen molar-refractivity contribution in [2.24, 2.45) is 7.05 Å². The largest absolute Gasteiger partial charge is 0.338 e. The van der Waals surface area contributed by atoms with E-state index in [9.17, 15) is 9.59 Å². The smallest absolute Gasteiger partial charge is 0.290 e. The van der Waals surface area contributed by atoms with Gasteiger partial charge in [-0.1, -0.05) is 45.9 Å². The molecule has 1 N–H and O–H groups in total. The van der Waals surface area contributed by atoms with Crippen LogP contribution < -0.4 is 5.32 Å². The van der Waals surface area contributed by atoms with Gasteiger partial charge in [0.05, 0.1) is 9.93 Å². The molecule has 1 aliphatic heterocycles. The Morgan fingerprint density at radius 2 is 1.85 bits per heavy atom. The summed E-state index contributed by atoms with van der Waals surface area (Å²) in [6, 6.07) is 16.2. The number of halogens is 1. The summed E-state index contributed by atoms with van der Waals surface area (Å²) in [6.07, 6.45) is 1.81. The maximum Gasteiger partial charge on any atom is 0.290 e. The van der Waals surface area contributed by atoms with Crippen molar-refractivity contribution in [3.63, 3.8) is 0 Å². The van der Waals surface area contributed by atoms with Crippen molar-refractivity contribution >= 4 is 67.6 Å². The molecule has 2 amide bonds. The molecule has 1 saturated heterocycles. The molecule has 0 atom stereocenters. The summed E-state index contributed by atoms with van der Waals surface area (Å²) in [5, 5.41) is 4.06. The zero-order chi connectivity index (χ0) is 18.3. The van der Waals surface area contributed by atoms with Crippen molar-refractivity contribution in [3.05, 3.63) is 63.5 Å². The van der Waals surface area contributed by atoms with Crippen LogP contribution in [0, 0.1) is 0 Å². The number of nitrogens with zero attached hydrogens (tertiary/aromatic N) is 1. The first-order chi connectivity index (χ1) is 12.5. The Morgan fingerprint density at radius 1 is 1.12 bits per heavy atom. The monoisotopic (exact) mass is 444 g/mol. The van der Waals surface area contributed by atoms with Gasteiger partial charge in [0.1, 0.15) is 0 Å². The van der Waals surface area contributed by atoms with Gasteiger partial charge >= 0.3 is 0 Å². The molecule has 0 saturated carbocycles. The van der Waals surface area contributed by atoms with E-state index in [1.807, 2.05) is 55.6 Å². The lowest BCUT2D eigenvalue weighted by atomic mass is 10.1. The Bertz CT molecular complexity index is 1070. The number of carbonyl (C=O) groups is 2. The number of thioether (sulfide) groups is 1. The number of hydrogen-bond donors (Lipinski definition) is 1. The molecular weight excluding hydrogens is 432 g/mol. The average Bonchev–Trinajstić information content (AvgIpc) is 3.08. The zero-order valence-electron chi connectivity index (χ0n) is 13.7. The lowest BCUT2D eigenvalue weighted by Gasteiger charge is -2.06. The van der Waals surface area contributed by atoms with E-state index in [4.69, 9.17) is 0 Å². The van der Waals surface area contributed by atoms with Crippen molar-refractivity contribution in [2.45, 2.75) is 9.92 Å². The molecule has 2 heterocycles. The molecular formula is C19H13BrN2O2S2. The predicted octanol–water partition coefficient (Wildman–Crippen LogP) is 5.42. The molecule has 1 aliphatic rings. The van der Waals surface area contributed by atoms with E-state index in [1.54, 1.807) is 11.8 Å². The first-order valence-corrected chi connectivity index (χ1v) is 10.2. The number of para-hydroxylation sites is 1. The highest BCUT2D eigenvalue weighted by Gasteiger charge is 2.26. The number of aryl methyl sites for hydroxylation is 1. The number of amides is 2. The second-order valence-corrected chi connectivity index (χ2v) is 8.70. The van der Waals surface area contributed by atoms with E-state index in [-0.39, 0.29) is 11.1 Å². The van der Waals surface area contributed by atoms with E-state index in [0.717, 1.165) is 42.6 Å². The number of aromatic nitrogens is 1. The number of hydrogen-bond acceptors (Lipinski definition) is 4. The Balaban J connectivity index is 1.87. The third-order valence-electron chi connectivity index (χ3n) is 4.04. The summed E-state index contributed by atoms with van der Waals surface area (Å²) >= 11 is 6.03. The minimum absolute atomic E-state index is 0.330. The molecule has 0 spiro atoms. The van der Waals surface area contributed by atoms with Crippen LogP contribution in [0.3, 0.4) is 0 Å². The van der Waals surface area contributed by atoms with Crippen molar-refractivity contribution in [1.29, 1.82) is 0 Å².